The molecule has 0 aromatic rings. The highest BCUT2D eigenvalue weighted by Gasteiger charge is 2.21. The van der Waals surface area contributed by atoms with Crippen molar-refractivity contribution in [1.82, 2.24) is 4.90 Å². The molecule has 0 aliphatic heterocycles. The predicted molar refractivity (Wildman–Crippen MR) is 51.0 cm³/mol. The van der Waals surface area contributed by atoms with Crippen molar-refractivity contribution in [2.75, 3.05) is 12.8 Å². The maximum atomic E-state index is 11.3. The summed E-state index contributed by atoms with van der Waals surface area (Å²) in [7, 11) is 1.84. The lowest BCUT2D eigenvalue weighted by Crippen LogP contribution is -2.40. The second-order valence-electron chi connectivity index (χ2n) is 3.43. The minimum absolute atomic E-state index is 0.0563. The summed E-state index contributed by atoms with van der Waals surface area (Å²) in [5, 5.41) is 0.153. The van der Waals surface area contributed by atoms with E-state index in [1.807, 2.05) is 34.7 Å². The van der Waals surface area contributed by atoms with Gasteiger partial charge < -0.3 is 4.90 Å². The van der Waals surface area contributed by atoms with E-state index in [0.29, 0.717) is 0 Å². The molecule has 0 heterocycles. The topological polar surface area (TPSA) is 20.3 Å². The molecule has 11 heavy (non-hydrogen) atoms. The SMILES string of the molecule is CCSC(=O)N(C)C(C)(C)C. The molecule has 0 aliphatic carbocycles. The molecule has 0 bridgehead atoms. The zero-order valence-corrected chi connectivity index (χ0v) is 8.79. The van der Waals surface area contributed by atoms with Gasteiger partial charge in [0.05, 0.1) is 0 Å². The minimum Gasteiger partial charge on any atom is -0.332 e. The van der Waals surface area contributed by atoms with Crippen LogP contribution in [-0.4, -0.2) is 28.5 Å². The van der Waals surface area contributed by atoms with Gasteiger partial charge >= 0.3 is 0 Å². The number of hydrogen-bond acceptors (Lipinski definition) is 2. The molecule has 0 saturated carbocycles. The molecule has 0 radical (unpaired) electrons. The Hall–Kier alpha value is -0.180. The van der Waals surface area contributed by atoms with E-state index in [-0.39, 0.29) is 10.8 Å². The zero-order valence-electron chi connectivity index (χ0n) is 7.97. The molecule has 0 atom stereocenters. The number of carbonyl (C=O) groups excluding carboxylic acids is 1. The highest BCUT2D eigenvalue weighted by atomic mass is 32.2. The van der Waals surface area contributed by atoms with Crippen molar-refractivity contribution in [2.45, 2.75) is 33.2 Å². The number of thioether (sulfide) groups is 1. The van der Waals surface area contributed by atoms with E-state index in [1.54, 1.807) is 4.90 Å². The number of nitrogens with zero attached hydrogens (tertiary/aromatic N) is 1. The van der Waals surface area contributed by atoms with Gasteiger partial charge in [0, 0.05) is 12.6 Å². The Morgan fingerprint density at radius 2 is 1.91 bits per heavy atom. The summed E-state index contributed by atoms with van der Waals surface area (Å²) in [6, 6.07) is 0. The molecule has 3 heteroatoms. The molecule has 0 aromatic heterocycles. The second kappa shape index (κ2) is 4.00. The Morgan fingerprint density at radius 1 is 1.45 bits per heavy atom. The molecule has 1 amide bonds. The second-order valence-corrected chi connectivity index (χ2v) is 4.64. The van der Waals surface area contributed by atoms with Crippen molar-refractivity contribution >= 4 is 17.0 Å². The van der Waals surface area contributed by atoms with Crippen molar-refractivity contribution < 1.29 is 4.79 Å². The summed E-state index contributed by atoms with van der Waals surface area (Å²) in [4.78, 5) is 13.0. The third kappa shape index (κ3) is 3.65. The van der Waals surface area contributed by atoms with Crippen LogP contribution < -0.4 is 0 Å². The number of hydrogen-bond donors (Lipinski definition) is 0. The lowest BCUT2D eigenvalue weighted by atomic mass is 10.1. The van der Waals surface area contributed by atoms with Crippen molar-refractivity contribution in [3.63, 3.8) is 0 Å². The fourth-order valence-corrected chi connectivity index (χ4v) is 1.21. The monoisotopic (exact) mass is 175 g/mol. The third-order valence-corrected chi connectivity index (χ3v) is 2.36. The largest absolute Gasteiger partial charge is 0.332 e. The van der Waals surface area contributed by atoms with Gasteiger partial charge in [0.1, 0.15) is 0 Å². The van der Waals surface area contributed by atoms with Gasteiger partial charge in [-0.25, -0.2) is 0 Å². The van der Waals surface area contributed by atoms with Crippen LogP contribution in [0.2, 0.25) is 0 Å². The fourth-order valence-electron chi connectivity index (χ4n) is 0.494. The van der Waals surface area contributed by atoms with Gasteiger partial charge in [-0.15, -0.1) is 0 Å². The molecular formula is C8H17NOS. The highest BCUT2D eigenvalue weighted by Crippen LogP contribution is 2.16. The number of rotatable bonds is 1. The number of amides is 1. The summed E-state index contributed by atoms with van der Waals surface area (Å²) in [5.41, 5.74) is -0.0563. The minimum atomic E-state index is -0.0563. The van der Waals surface area contributed by atoms with Crippen LogP contribution >= 0.6 is 11.8 Å². The summed E-state index contributed by atoms with van der Waals surface area (Å²) in [5.74, 6) is 0.846. The first-order chi connectivity index (χ1) is 4.89. The molecule has 0 spiro atoms. The van der Waals surface area contributed by atoms with Crippen LogP contribution in [-0.2, 0) is 0 Å². The van der Waals surface area contributed by atoms with E-state index in [0.717, 1.165) is 5.75 Å². The molecule has 0 N–H and O–H groups in total. The molecule has 0 aliphatic rings. The highest BCUT2D eigenvalue weighted by molar-refractivity contribution is 8.13. The Labute approximate surface area is 73.3 Å². The van der Waals surface area contributed by atoms with Gasteiger partial charge in [-0.2, -0.15) is 0 Å². The summed E-state index contributed by atoms with van der Waals surface area (Å²) < 4.78 is 0. The predicted octanol–water partition coefficient (Wildman–Crippen LogP) is 2.59. The van der Waals surface area contributed by atoms with Crippen molar-refractivity contribution in [1.29, 1.82) is 0 Å². The Morgan fingerprint density at radius 3 is 2.18 bits per heavy atom. The quantitative estimate of drug-likeness (QED) is 0.610. The molecular weight excluding hydrogens is 158 g/mol. The lowest BCUT2D eigenvalue weighted by molar-refractivity contribution is 0.190. The molecule has 0 rings (SSSR count). The summed E-state index contributed by atoms with van der Waals surface area (Å²) in [6.45, 7) is 8.07. The number of carbonyl (C=O) groups is 1. The van der Waals surface area contributed by atoms with Gasteiger partial charge in [0.25, 0.3) is 5.24 Å². The van der Waals surface area contributed by atoms with E-state index in [1.165, 1.54) is 11.8 Å². The van der Waals surface area contributed by atoms with Gasteiger partial charge in [-0.05, 0) is 26.5 Å². The average molecular weight is 175 g/mol. The van der Waals surface area contributed by atoms with Crippen LogP contribution in [0.4, 0.5) is 4.79 Å². The average Bonchev–Trinajstić information content (AvgIpc) is 1.85. The zero-order chi connectivity index (χ0) is 9.07. The van der Waals surface area contributed by atoms with Crippen LogP contribution in [0, 0.1) is 0 Å². The normalized spacial score (nSPS) is 11.4. The van der Waals surface area contributed by atoms with Crippen molar-refractivity contribution in [2.24, 2.45) is 0 Å². The maximum Gasteiger partial charge on any atom is 0.281 e. The Bertz CT molecular complexity index is 140. The van der Waals surface area contributed by atoms with E-state index < -0.39 is 0 Å². The van der Waals surface area contributed by atoms with Crippen LogP contribution in [0.15, 0.2) is 0 Å². The molecule has 66 valence electrons. The molecule has 0 aromatic carbocycles. The maximum absolute atomic E-state index is 11.3. The smallest absolute Gasteiger partial charge is 0.281 e. The first-order valence-corrected chi connectivity index (χ1v) is 4.78. The van der Waals surface area contributed by atoms with Gasteiger partial charge in [-0.1, -0.05) is 18.7 Å². The van der Waals surface area contributed by atoms with Gasteiger partial charge in [-0.3, -0.25) is 4.79 Å². The van der Waals surface area contributed by atoms with E-state index in [9.17, 15) is 4.79 Å². The van der Waals surface area contributed by atoms with Crippen LogP contribution in [0.25, 0.3) is 0 Å². The van der Waals surface area contributed by atoms with Gasteiger partial charge in [0.2, 0.25) is 0 Å². The first kappa shape index (κ1) is 10.8. The standard InChI is InChI=1S/C8H17NOS/c1-6-11-7(10)9(5)8(2,3)4/h6H2,1-5H3. The van der Waals surface area contributed by atoms with E-state index in [4.69, 9.17) is 0 Å². The Kier molecular flexibility index (Phi) is 3.93. The van der Waals surface area contributed by atoms with E-state index >= 15 is 0 Å². The Balaban J connectivity index is 4.03. The first-order valence-electron chi connectivity index (χ1n) is 3.80. The molecule has 0 saturated heterocycles. The van der Waals surface area contributed by atoms with Crippen LogP contribution in [0.5, 0.6) is 0 Å². The third-order valence-electron chi connectivity index (χ3n) is 1.55. The fraction of sp³-hybridized carbons (Fsp3) is 0.875. The lowest BCUT2D eigenvalue weighted by Gasteiger charge is -2.31. The van der Waals surface area contributed by atoms with E-state index in [2.05, 4.69) is 0 Å². The van der Waals surface area contributed by atoms with Gasteiger partial charge in [0.15, 0.2) is 0 Å². The van der Waals surface area contributed by atoms with Crippen molar-refractivity contribution in [3.8, 4) is 0 Å². The molecule has 0 fully saturated rings. The van der Waals surface area contributed by atoms with Crippen LogP contribution in [0.3, 0.4) is 0 Å². The molecule has 0 unspecified atom stereocenters. The molecule has 2 nitrogen and oxygen atoms in total. The van der Waals surface area contributed by atoms with Crippen molar-refractivity contribution in [3.05, 3.63) is 0 Å². The summed E-state index contributed by atoms with van der Waals surface area (Å²) in [6.07, 6.45) is 0. The summed E-state index contributed by atoms with van der Waals surface area (Å²) >= 11 is 1.35. The van der Waals surface area contributed by atoms with Crippen LogP contribution in [0.1, 0.15) is 27.7 Å².